The lowest BCUT2D eigenvalue weighted by Gasteiger charge is -2.30. The molecule has 0 amide bonds. The minimum Gasteiger partial charge on any atom is -0.351 e. The maximum absolute atomic E-state index is 14.3. The lowest BCUT2D eigenvalue weighted by molar-refractivity contribution is 0.331. The van der Waals surface area contributed by atoms with Crippen LogP contribution in [0.25, 0.3) is 11.0 Å². The molecule has 2 aromatic heterocycles. The van der Waals surface area contributed by atoms with Crippen LogP contribution >= 0.6 is 0 Å². The van der Waals surface area contributed by atoms with Crippen molar-refractivity contribution in [1.82, 2.24) is 18.8 Å². The van der Waals surface area contributed by atoms with E-state index in [4.69, 9.17) is 4.98 Å². The van der Waals surface area contributed by atoms with Gasteiger partial charge < -0.3 is 5.32 Å². The fraction of sp³-hybridized carbons (Fsp3) is 0.682. The van der Waals surface area contributed by atoms with Gasteiger partial charge in [0.15, 0.2) is 0 Å². The zero-order valence-corrected chi connectivity index (χ0v) is 19.4. The number of hydrogen-bond acceptors (Lipinski definition) is 6. The molecular weight excluding hydrogens is 433 g/mol. The lowest BCUT2D eigenvalue weighted by Crippen LogP contribution is -2.42. The van der Waals surface area contributed by atoms with E-state index in [-0.39, 0.29) is 28.6 Å². The molecule has 1 unspecified atom stereocenters. The molecule has 0 aromatic carbocycles. The van der Waals surface area contributed by atoms with Crippen molar-refractivity contribution in [1.29, 1.82) is 0 Å². The minimum atomic E-state index is -3.18. The molecule has 2 aromatic rings. The first-order chi connectivity index (χ1) is 15.2. The Morgan fingerprint density at radius 2 is 1.94 bits per heavy atom. The van der Waals surface area contributed by atoms with Gasteiger partial charge in [-0.3, -0.25) is 9.36 Å². The van der Waals surface area contributed by atoms with Crippen LogP contribution in [0.15, 0.2) is 17.1 Å². The van der Waals surface area contributed by atoms with Crippen molar-refractivity contribution < 1.29 is 12.8 Å². The van der Waals surface area contributed by atoms with Crippen molar-refractivity contribution >= 4 is 27.0 Å². The quantitative estimate of drug-likeness (QED) is 0.732. The van der Waals surface area contributed by atoms with Crippen LogP contribution in [0.3, 0.4) is 0 Å². The average Bonchev–Trinajstić information content (AvgIpc) is 3.40. The van der Waals surface area contributed by atoms with Gasteiger partial charge in [0.2, 0.25) is 16.0 Å². The van der Waals surface area contributed by atoms with Gasteiger partial charge in [0.1, 0.15) is 11.8 Å². The van der Waals surface area contributed by atoms with E-state index in [9.17, 15) is 17.6 Å². The topological polar surface area (TPSA) is 97.2 Å². The molecule has 2 saturated carbocycles. The Bertz CT molecular complexity index is 1200. The fourth-order valence-electron chi connectivity index (χ4n) is 5.57. The van der Waals surface area contributed by atoms with E-state index in [2.05, 4.69) is 10.3 Å². The second-order valence-electron chi connectivity index (χ2n) is 9.71. The molecule has 8 nitrogen and oxygen atoms in total. The Morgan fingerprint density at radius 3 is 2.56 bits per heavy atom. The zero-order valence-electron chi connectivity index (χ0n) is 18.6. The van der Waals surface area contributed by atoms with Gasteiger partial charge in [-0.2, -0.15) is 4.98 Å². The van der Waals surface area contributed by atoms with Gasteiger partial charge >= 0.3 is 0 Å². The molecule has 1 N–H and O–H groups in total. The summed E-state index contributed by atoms with van der Waals surface area (Å²) >= 11 is 0. The molecular formula is C22H30FN5O3S. The van der Waals surface area contributed by atoms with Crippen LogP contribution in [-0.4, -0.2) is 52.6 Å². The number of hydrogen-bond donors (Lipinski definition) is 1. The van der Waals surface area contributed by atoms with Crippen molar-refractivity contribution in [3.63, 3.8) is 0 Å². The van der Waals surface area contributed by atoms with Gasteiger partial charge in [-0.25, -0.2) is 22.1 Å². The maximum Gasteiger partial charge on any atom is 0.258 e. The predicted molar refractivity (Wildman–Crippen MR) is 121 cm³/mol. The molecule has 10 heteroatoms. The van der Waals surface area contributed by atoms with E-state index in [0.717, 1.165) is 32.1 Å². The Morgan fingerprint density at radius 1 is 1.22 bits per heavy atom. The van der Waals surface area contributed by atoms with Crippen molar-refractivity contribution in [2.75, 3.05) is 24.7 Å². The number of alkyl halides is 1. The Balaban J connectivity index is 1.49. The first kappa shape index (κ1) is 21.8. The van der Waals surface area contributed by atoms with Crippen molar-refractivity contribution in [3.05, 3.63) is 28.2 Å². The van der Waals surface area contributed by atoms with Crippen LogP contribution in [0.5, 0.6) is 0 Å². The van der Waals surface area contributed by atoms with Gasteiger partial charge in [-0.05, 0) is 56.9 Å². The summed E-state index contributed by atoms with van der Waals surface area (Å²) in [6.45, 7) is 2.31. The number of sulfonamides is 1. The number of pyridine rings is 1. The summed E-state index contributed by atoms with van der Waals surface area (Å²) in [6.07, 6.45) is 8.16. The van der Waals surface area contributed by atoms with Crippen LogP contribution in [0.2, 0.25) is 0 Å². The van der Waals surface area contributed by atoms with Gasteiger partial charge in [0, 0.05) is 36.8 Å². The van der Waals surface area contributed by atoms with E-state index >= 15 is 0 Å². The number of piperidine rings is 1. The first-order valence-electron chi connectivity index (χ1n) is 11.5. The summed E-state index contributed by atoms with van der Waals surface area (Å²) in [7, 11) is -3.18. The Kier molecular flexibility index (Phi) is 5.28. The molecule has 1 aliphatic heterocycles. The molecule has 32 heavy (non-hydrogen) atoms. The molecule has 1 saturated heterocycles. The Labute approximate surface area is 187 Å². The Hall–Kier alpha value is -2.07. The summed E-state index contributed by atoms with van der Waals surface area (Å²) in [4.78, 5) is 22.5. The summed E-state index contributed by atoms with van der Waals surface area (Å²) in [5.74, 6) is 0.423. The van der Waals surface area contributed by atoms with Gasteiger partial charge in [0.25, 0.3) is 5.56 Å². The normalized spacial score (nSPS) is 24.8. The largest absolute Gasteiger partial charge is 0.351 e. The number of aromatic nitrogens is 3. The molecule has 0 radical (unpaired) electrons. The maximum atomic E-state index is 14.3. The third-order valence-electron chi connectivity index (χ3n) is 7.55. The van der Waals surface area contributed by atoms with E-state index in [1.807, 2.05) is 0 Å². The van der Waals surface area contributed by atoms with Gasteiger partial charge in [-0.1, -0.05) is 6.42 Å². The second-order valence-corrected chi connectivity index (χ2v) is 11.7. The number of nitrogens with one attached hydrogen (secondary N) is 1. The number of rotatable bonds is 5. The molecule has 0 bridgehead atoms. The van der Waals surface area contributed by atoms with Crippen LogP contribution in [0.4, 0.5) is 10.3 Å². The highest BCUT2D eigenvalue weighted by Gasteiger charge is 2.53. The van der Waals surface area contributed by atoms with Gasteiger partial charge in [0.05, 0.1) is 11.8 Å². The van der Waals surface area contributed by atoms with Crippen LogP contribution in [-0.2, 0) is 10.0 Å². The van der Waals surface area contributed by atoms with Crippen molar-refractivity contribution in [2.24, 2.45) is 5.41 Å². The smallest absolute Gasteiger partial charge is 0.258 e. The zero-order chi connectivity index (χ0) is 22.7. The number of fused-ring (bicyclic) bond motifs is 1. The second kappa shape index (κ2) is 7.76. The van der Waals surface area contributed by atoms with Crippen LogP contribution in [0.1, 0.15) is 69.6 Å². The standard InChI is InChI=1S/C22H30FN5O3S/c1-14(23)17-12-15-13-24-21(25-16-5-10-27(11-6-16)32(2,30)31)26-19(15)28(20(17)29)18-4-3-7-22(18)8-9-22/h12-14,16,18H,3-11H2,1-2H3,(H,24,25,26)/t14?,18-/m1/s1. The van der Waals surface area contributed by atoms with E-state index < -0.39 is 16.2 Å². The number of nitrogens with zero attached hydrogens (tertiary/aromatic N) is 4. The highest BCUT2D eigenvalue weighted by Crippen LogP contribution is 2.63. The van der Waals surface area contributed by atoms with Gasteiger partial charge in [-0.15, -0.1) is 0 Å². The summed E-state index contributed by atoms with van der Waals surface area (Å²) in [6, 6.07) is 1.69. The summed E-state index contributed by atoms with van der Waals surface area (Å²) in [5, 5.41) is 3.99. The molecule has 174 valence electrons. The molecule has 3 heterocycles. The molecule has 2 atom stereocenters. The van der Waals surface area contributed by atoms with Crippen LogP contribution in [0, 0.1) is 5.41 Å². The highest BCUT2D eigenvalue weighted by molar-refractivity contribution is 7.88. The summed E-state index contributed by atoms with van der Waals surface area (Å²) in [5.41, 5.74) is 0.601. The van der Waals surface area contributed by atoms with E-state index in [0.29, 0.717) is 42.9 Å². The molecule has 5 rings (SSSR count). The van der Waals surface area contributed by atoms with E-state index in [1.165, 1.54) is 17.5 Å². The first-order valence-corrected chi connectivity index (χ1v) is 13.3. The fourth-order valence-corrected chi connectivity index (χ4v) is 6.44. The minimum absolute atomic E-state index is 0.0527. The monoisotopic (exact) mass is 463 g/mol. The average molecular weight is 464 g/mol. The number of anilines is 1. The van der Waals surface area contributed by atoms with Crippen LogP contribution < -0.4 is 10.9 Å². The summed E-state index contributed by atoms with van der Waals surface area (Å²) < 4.78 is 41.0. The highest BCUT2D eigenvalue weighted by atomic mass is 32.2. The van der Waals surface area contributed by atoms with Crippen molar-refractivity contribution in [2.45, 2.75) is 70.1 Å². The molecule has 1 spiro atoms. The molecule has 2 aliphatic carbocycles. The third kappa shape index (κ3) is 3.81. The molecule has 3 fully saturated rings. The van der Waals surface area contributed by atoms with E-state index in [1.54, 1.807) is 16.8 Å². The predicted octanol–water partition coefficient (Wildman–Crippen LogP) is 3.16. The lowest BCUT2D eigenvalue weighted by atomic mass is 9.99. The third-order valence-corrected chi connectivity index (χ3v) is 8.85. The van der Waals surface area contributed by atoms with Crippen molar-refractivity contribution in [3.8, 4) is 0 Å². The number of halogens is 1. The SMILES string of the molecule is CC(F)c1cc2cnc(NC3CCN(S(C)(=O)=O)CC3)nc2n([C@@H]2CCCC23CC3)c1=O. The molecule has 3 aliphatic rings.